The summed E-state index contributed by atoms with van der Waals surface area (Å²) in [5, 5.41) is 19.2. The van der Waals surface area contributed by atoms with Crippen LogP contribution in [-0.4, -0.2) is 20.9 Å². The summed E-state index contributed by atoms with van der Waals surface area (Å²) in [5.74, 6) is -0.205. The highest BCUT2D eigenvalue weighted by atomic mass is 16.2. The minimum atomic E-state index is -0.533. The Hall–Kier alpha value is -2.68. The van der Waals surface area contributed by atoms with E-state index in [1.54, 1.807) is 26.0 Å². The van der Waals surface area contributed by atoms with Crippen molar-refractivity contribution in [2.45, 2.75) is 19.9 Å². The summed E-state index contributed by atoms with van der Waals surface area (Å²) in [4.78, 5) is 12.1. The van der Waals surface area contributed by atoms with Gasteiger partial charge in [0.1, 0.15) is 12.1 Å². The summed E-state index contributed by atoms with van der Waals surface area (Å²) in [6, 6.07) is 10.6. The monoisotopic (exact) mass is 255 g/mol. The van der Waals surface area contributed by atoms with Crippen molar-refractivity contribution in [1.82, 2.24) is 15.0 Å². The normalized spacial score (nSPS) is 11.6. The molecule has 1 aromatic heterocycles. The van der Waals surface area contributed by atoms with Gasteiger partial charge in [0.2, 0.25) is 5.91 Å². The van der Waals surface area contributed by atoms with Gasteiger partial charge in [0, 0.05) is 5.69 Å². The summed E-state index contributed by atoms with van der Waals surface area (Å²) in [7, 11) is 0. The third kappa shape index (κ3) is 2.60. The molecule has 0 fully saturated rings. The van der Waals surface area contributed by atoms with Gasteiger partial charge in [-0.1, -0.05) is 23.4 Å². The van der Waals surface area contributed by atoms with Crippen LogP contribution in [0, 0.1) is 18.3 Å². The van der Waals surface area contributed by atoms with E-state index >= 15 is 0 Å². The number of anilines is 1. The first-order valence-electron chi connectivity index (χ1n) is 5.81. The first kappa shape index (κ1) is 12.8. The third-order valence-electron chi connectivity index (χ3n) is 2.82. The first-order valence-corrected chi connectivity index (χ1v) is 5.81. The molecule has 0 saturated heterocycles. The van der Waals surface area contributed by atoms with E-state index in [4.69, 9.17) is 5.26 Å². The number of para-hydroxylation sites is 1. The maximum atomic E-state index is 12.1. The Labute approximate surface area is 110 Å². The molecule has 1 aromatic carbocycles. The van der Waals surface area contributed by atoms with E-state index in [0.29, 0.717) is 5.69 Å². The van der Waals surface area contributed by atoms with Gasteiger partial charge < -0.3 is 5.32 Å². The molecule has 0 radical (unpaired) electrons. The molecule has 6 nitrogen and oxygen atoms in total. The van der Waals surface area contributed by atoms with Gasteiger partial charge in [-0.15, -0.1) is 5.10 Å². The highest BCUT2D eigenvalue weighted by molar-refractivity contribution is 5.93. The van der Waals surface area contributed by atoms with Crippen molar-refractivity contribution < 1.29 is 4.79 Å². The standard InChI is InChI=1S/C13H13N5O/c1-9-12(8-14)16-17-18(9)10(2)13(19)15-11-6-4-3-5-7-11/h3-7,10H,1-2H3,(H,15,19). The van der Waals surface area contributed by atoms with Crippen LogP contribution in [0.3, 0.4) is 0 Å². The Kier molecular flexibility index (Phi) is 3.57. The van der Waals surface area contributed by atoms with Gasteiger partial charge >= 0.3 is 0 Å². The van der Waals surface area contributed by atoms with Crippen LogP contribution >= 0.6 is 0 Å². The van der Waals surface area contributed by atoms with Gasteiger partial charge in [0.05, 0.1) is 5.69 Å². The van der Waals surface area contributed by atoms with Gasteiger partial charge in [-0.3, -0.25) is 4.79 Å². The molecule has 0 aliphatic rings. The van der Waals surface area contributed by atoms with Crippen molar-refractivity contribution in [3.63, 3.8) is 0 Å². The summed E-state index contributed by atoms with van der Waals surface area (Å²) < 4.78 is 1.44. The molecule has 0 saturated carbocycles. The van der Waals surface area contributed by atoms with Crippen LogP contribution in [0.15, 0.2) is 30.3 Å². The van der Waals surface area contributed by atoms with Gasteiger partial charge in [0.25, 0.3) is 0 Å². The molecule has 96 valence electrons. The van der Waals surface area contributed by atoms with Gasteiger partial charge in [0.15, 0.2) is 5.69 Å². The molecule has 6 heteroatoms. The first-order chi connectivity index (χ1) is 9.13. The molecular weight excluding hydrogens is 242 g/mol. The van der Waals surface area contributed by atoms with Crippen LogP contribution in [0.5, 0.6) is 0 Å². The lowest BCUT2D eigenvalue weighted by Crippen LogP contribution is -2.25. The van der Waals surface area contributed by atoms with Crippen LogP contribution in [0.2, 0.25) is 0 Å². The molecule has 0 aliphatic carbocycles. The van der Waals surface area contributed by atoms with Crippen LogP contribution in [0.25, 0.3) is 0 Å². The molecule has 2 aromatic rings. The third-order valence-corrected chi connectivity index (χ3v) is 2.82. The van der Waals surface area contributed by atoms with E-state index in [0.717, 1.165) is 5.69 Å². The Morgan fingerprint density at radius 2 is 2.11 bits per heavy atom. The van der Waals surface area contributed by atoms with Crippen molar-refractivity contribution in [2.75, 3.05) is 5.32 Å². The molecule has 1 heterocycles. The quantitative estimate of drug-likeness (QED) is 0.904. The van der Waals surface area contributed by atoms with E-state index in [2.05, 4.69) is 15.6 Å². The van der Waals surface area contributed by atoms with Crippen molar-refractivity contribution >= 4 is 11.6 Å². The number of carbonyl (C=O) groups is 1. The molecule has 0 bridgehead atoms. The molecule has 1 N–H and O–H groups in total. The molecular formula is C13H13N5O. The SMILES string of the molecule is Cc1c(C#N)nnn1C(C)C(=O)Nc1ccccc1. The summed E-state index contributed by atoms with van der Waals surface area (Å²) >= 11 is 0. The van der Waals surface area contributed by atoms with E-state index < -0.39 is 6.04 Å². The number of nitrogens with zero attached hydrogens (tertiary/aromatic N) is 4. The van der Waals surface area contributed by atoms with Crippen molar-refractivity contribution in [2.24, 2.45) is 0 Å². The summed E-state index contributed by atoms with van der Waals surface area (Å²) in [6.45, 7) is 3.42. The van der Waals surface area contributed by atoms with Crippen LogP contribution in [0.1, 0.15) is 24.4 Å². The lowest BCUT2D eigenvalue weighted by atomic mass is 10.2. The number of aromatic nitrogens is 3. The lowest BCUT2D eigenvalue weighted by molar-refractivity contribution is -0.119. The average molecular weight is 255 g/mol. The zero-order chi connectivity index (χ0) is 13.8. The number of benzene rings is 1. The fourth-order valence-electron chi connectivity index (χ4n) is 1.69. The van der Waals surface area contributed by atoms with Gasteiger partial charge in [-0.05, 0) is 26.0 Å². The molecule has 1 atom stereocenters. The Balaban J connectivity index is 2.15. The average Bonchev–Trinajstić information content (AvgIpc) is 2.80. The maximum absolute atomic E-state index is 12.1. The molecule has 0 aliphatic heterocycles. The highest BCUT2D eigenvalue weighted by Gasteiger charge is 2.20. The van der Waals surface area contributed by atoms with Gasteiger partial charge in [-0.2, -0.15) is 5.26 Å². The highest BCUT2D eigenvalue weighted by Crippen LogP contribution is 2.13. The molecule has 1 amide bonds. The second-order valence-electron chi connectivity index (χ2n) is 4.11. The largest absolute Gasteiger partial charge is 0.324 e. The second-order valence-corrected chi connectivity index (χ2v) is 4.11. The van der Waals surface area contributed by atoms with Gasteiger partial charge in [-0.25, -0.2) is 4.68 Å². The van der Waals surface area contributed by atoms with Crippen LogP contribution in [0.4, 0.5) is 5.69 Å². The molecule has 19 heavy (non-hydrogen) atoms. The number of hydrogen-bond acceptors (Lipinski definition) is 4. The number of amides is 1. The maximum Gasteiger partial charge on any atom is 0.249 e. The smallest absolute Gasteiger partial charge is 0.249 e. The lowest BCUT2D eigenvalue weighted by Gasteiger charge is -2.13. The Morgan fingerprint density at radius 3 is 2.68 bits per heavy atom. The fourth-order valence-corrected chi connectivity index (χ4v) is 1.69. The van der Waals surface area contributed by atoms with Crippen molar-refractivity contribution in [1.29, 1.82) is 5.26 Å². The molecule has 0 spiro atoms. The predicted molar refractivity (Wildman–Crippen MR) is 69.3 cm³/mol. The minimum absolute atomic E-state index is 0.205. The number of rotatable bonds is 3. The Morgan fingerprint density at radius 1 is 1.42 bits per heavy atom. The number of carbonyl (C=O) groups excluding carboxylic acids is 1. The topological polar surface area (TPSA) is 83.6 Å². The second kappa shape index (κ2) is 5.31. The van der Waals surface area contributed by atoms with Crippen LogP contribution < -0.4 is 5.32 Å². The zero-order valence-electron chi connectivity index (χ0n) is 10.7. The zero-order valence-corrected chi connectivity index (χ0v) is 10.7. The number of nitriles is 1. The van der Waals surface area contributed by atoms with E-state index in [-0.39, 0.29) is 11.6 Å². The number of hydrogen-bond donors (Lipinski definition) is 1. The Bertz CT molecular complexity index is 626. The van der Waals surface area contributed by atoms with Crippen molar-refractivity contribution in [3.8, 4) is 6.07 Å². The summed E-state index contributed by atoms with van der Waals surface area (Å²) in [5.41, 5.74) is 1.54. The molecule has 2 rings (SSSR count). The van der Waals surface area contributed by atoms with Crippen LogP contribution in [-0.2, 0) is 4.79 Å². The van der Waals surface area contributed by atoms with Crippen molar-refractivity contribution in [3.05, 3.63) is 41.7 Å². The minimum Gasteiger partial charge on any atom is -0.324 e. The molecule has 1 unspecified atom stereocenters. The number of nitrogens with one attached hydrogen (secondary N) is 1. The predicted octanol–water partition coefficient (Wildman–Crippen LogP) is 1.66. The fraction of sp³-hybridized carbons (Fsp3) is 0.231. The van der Waals surface area contributed by atoms with E-state index in [1.807, 2.05) is 24.3 Å². The van der Waals surface area contributed by atoms with E-state index in [9.17, 15) is 4.79 Å². The summed E-state index contributed by atoms with van der Waals surface area (Å²) in [6.07, 6.45) is 0. The van der Waals surface area contributed by atoms with E-state index in [1.165, 1.54) is 4.68 Å².